The number of rotatable bonds is 9. The Bertz CT molecular complexity index is 765. The summed E-state index contributed by atoms with van der Waals surface area (Å²) in [5.41, 5.74) is 1.34. The number of amides is 1. The zero-order valence-corrected chi connectivity index (χ0v) is 15.5. The molecule has 2 aromatic rings. The van der Waals surface area contributed by atoms with Gasteiger partial charge in [-0.25, -0.2) is 4.79 Å². The first-order valence-corrected chi connectivity index (χ1v) is 8.33. The van der Waals surface area contributed by atoms with Crippen molar-refractivity contribution in [1.82, 2.24) is 5.32 Å². The van der Waals surface area contributed by atoms with Gasteiger partial charge in [0, 0.05) is 24.1 Å². The molecule has 0 spiro atoms. The SMILES string of the molecule is COc1cc(OC)c(CC(=O)N[C@@H](Cc2ccccc2)C(=O)O)c(OC)c1. The lowest BCUT2D eigenvalue weighted by atomic mass is 10.0. The maximum atomic E-state index is 12.5. The number of nitrogens with one attached hydrogen (secondary N) is 1. The summed E-state index contributed by atoms with van der Waals surface area (Å²) in [7, 11) is 4.47. The smallest absolute Gasteiger partial charge is 0.326 e. The molecule has 0 aliphatic rings. The number of hydrogen-bond donors (Lipinski definition) is 2. The summed E-state index contributed by atoms with van der Waals surface area (Å²) in [5.74, 6) is -0.158. The van der Waals surface area contributed by atoms with Gasteiger partial charge in [-0.2, -0.15) is 0 Å². The third-order valence-electron chi connectivity index (χ3n) is 4.07. The minimum atomic E-state index is -1.10. The van der Waals surface area contributed by atoms with E-state index in [0.717, 1.165) is 5.56 Å². The Morgan fingerprint density at radius 3 is 2.07 bits per heavy atom. The van der Waals surface area contributed by atoms with E-state index in [9.17, 15) is 14.7 Å². The fraction of sp³-hybridized carbons (Fsp3) is 0.300. The van der Waals surface area contributed by atoms with Crippen molar-refractivity contribution >= 4 is 11.9 Å². The number of methoxy groups -OCH3 is 3. The molecular weight excluding hydrogens is 350 g/mol. The molecular formula is C20H23NO6. The summed E-state index contributed by atoms with van der Waals surface area (Å²) in [5, 5.41) is 12.0. The molecule has 7 nitrogen and oxygen atoms in total. The van der Waals surface area contributed by atoms with Gasteiger partial charge in [0.2, 0.25) is 5.91 Å². The van der Waals surface area contributed by atoms with Crippen molar-refractivity contribution in [3.05, 3.63) is 53.6 Å². The van der Waals surface area contributed by atoms with Crippen molar-refractivity contribution < 1.29 is 28.9 Å². The van der Waals surface area contributed by atoms with E-state index in [1.165, 1.54) is 21.3 Å². The van der Waals surface area contributed by atoms with Crippen LogP contribution in [0.3, 0.4) is 0 Å². The number of carboxylic acids is 1. The van der Waals surface area contributed by atoms with Crippen LogP contribution in [0.15, 0.2) is 42.5 Å². The minimum Gasteiger partial charge on any atom is -0.496 e. The summed E-state index contributed by atoms with van der Waals surface area (Å²) in [6.07, 6.45) is 0.105. The fourth-order valence-corrected chi connectivity index (χ4v) is 2.71. The Hall–Kier alpha value is -3.22. The van der Waals surface area contributed by atoms with Crippen LogP contribution in [0.5, 0.6) is 17.2 Å². The summed E-state index contributed by atoms with van der Waals surface area (Å²) in [6.45, 7) is 0. The number of benzene rings is 2. The van der Waals surface area contributed by atoms with Gasteiger partial charge >= 0.3 is 5.97 Å². The first-order valence-electron chi connectivity index (χ1n) is 8.33. The normalized spacial score (nSPS) is 11.4. The van der Waals surface area contributed by atoms with E-state index < -0.39 is 17.9 Å². The van der Waals surface area contributed by atoms with Crippen LogP contribution in [0.4, 0.5) is 0 Å². The highest BCUT2D eigenvalue weighted by atomic mass is 16.5. The summed E-state index contributed by atoms with van der Waals surface area (Å²) in [4.78, 5) is 24.0. The Kier molecular flexibility index (Phi) is 7.05. The number of carbonyl (C=O) groups excluding carboxylic acids is 1. The van der Waals surface area contributed by atoms with Gasteiger partial charge < -0.3 is 24.6 Å². The Balaban J connectivity index is 2.16. The highest BCUT2D eigenvalue weighted by Crippen LogP contribution is 2.34. The van der Waals surface area contributed by atoms with Crippen molar-refractivity contribution in [2.45, 2.75) is 18.9 Å². The Morgan fingerprint density at radius 2 is 1.59 bits per heavy atom. The molecule has 0 aromatic heterocycles. The molecule has 2 rings (SSSR count). The van der Waals surface area contributed by atoms with Gasteiger partial charge in [-0.15, -0.1) is 0 Å². The molecule has 0 saturated carbocycles. The standard InChI is InChI=1S/C20H23NO6/c1-25-14-10-17(26-2)15(18(11-14)27-3)12-19(22)21-16(20(23)24)9-13-7-5-4-6-8-13/h4-8,10-11,16H,9,12H2,1-3H3,(H,21,22)(H,23,24)/t16-/m0/s1. The molecule has 0 fully saturated rings. The number of carboxylic acid groups (broad SMARTS) is 1. The monoisotopic (exact) mass is 373 g/mol. The van der Waals surface area contributed by atoms with Gasteiger partial charge in [0.1, 0.15) is 23.3 Å². The number of aliphatic carboxylic acids is 1. The van der Waals surface area contributed by atoms with Crippen molar-refractivity contribution in [2.24, 2.45) is 0 Å². The van der Waals surface area contributed by atoms with Crippen LogP contribution in [-0.4, -0.2) is 44.4 Å². The lowest BCUT2D eigenvalue weighted by Gasteiger charge is -2.17. The van der Waals surface area contributed by atoms with E-state index in [2.05, 4.69) is 5.32 Å². The summed E-state index contributed by atoms with van der Waals surface area (Å²) < 4.78 is 15.8. The van der Waals surface area contributed by atoms with Gasteiger partial charge in [-0.3, -0.25) is 4.79 Å². The van der Waals surface area contributed by atoms with Gasteiger partial charge in [-0.1, -0.05) is 30.3 Å². The highest BCUT2D eigenvalue weighted by molar-refractivity contribution is 5.86. The van der Waals surface area contributed by atoms with Gasteiger partial charge in [0.15, 0.2) is 0 Å². The van der Waals surface area contributed by atoms with Gasteiger partial charge in [0.05, 0.1) is 27.8 Å². The third kappa shape index (κ3) is 5.37. The van der Waals surface area contributed by atoms with Crippen LogP contribution in [0.1, 0.15) is 11.1 Å². The molecule has 1 amide bonds. The molecule has 27 heavy (non-hydrogen) atoms. The molecule has 144 valence electrons. The molecule has 0 heterocycles. The van der Waals surface area contributed by atoms with E-state index in [1.54, 1.807) is 12.1 Å². The first kappa shape index (κ1) is 20.1. The van der Waals surface area contributed by atoms with Crippen LogP contribution in [0, 0.1) is 0 Å². The van der Waals surface area contributed by atoms with Crippen molar-refractivity contribution in [1.29, 1.82) is 0 Å². The van der Waals surface area contributed by atoms with E-state index in [1.807, 2.05) is 30.3 Å². The molecule has 0 aliphatic carbocycles. The molecule has 7 heteroatoms. The highest BCUT2D eigenvalue weighted by Gasteiger charge is 2.23. The molecule has 0 saturated heterocycles. The molecule has 0 bridgehead atoms. The second-order valence-corrected chi connectivity index (χ2v) is 5.84. The minimum absolute atomic E-state index is 0.0884. The quantitative estimate of drug-likeness (QED) is 0.699. The van der Waals surface area contributed by atoms with Crippen LogP contribution in [-0.2, 0) is 22.4 Å². The Labute approximate surface area is 157 Å². The second kappa shape index (κ2) is 9.47. The number of hydrogen-bond acceptors (Lipinski definition) is 5. The van der Waals surface area contributed by atoms with Crippen LogP contribution < -0.4 is 19.5 Å². The molecule has 2 aromatic carbocycles. The average molecular weight is 373 g/mol. The zero-order valence-electron chi connectivity index (χ0n) is 15.5. The fourth-order valence-electron chi connectivity index (χ4n) is 2.71. The van der Waals surface area contributed by atoms with Crippen molar-refractivity contribution in [3.63, 3.8) is 0 Å². The van der Waals surface area contributed by atoms with Crippen LogP contribution >= 0.6 is 0 Å². The molecule has 2 N–H and O–H groups in total. The topological polar surface area (TPSA) is 94.1 Å². The van der Waals surface area contributed by atoms with Gasteiger partial charge in [0.25, 0.3) is 0 Å². The van der Waals surface area contributed by atoms with Crippen molar-refractivity contribution in [2.75, 3.05) is 21.3 Å². The Morgan fingerprint density at radius 1 is 1.00 bits per heavy atom. The van der Waals surface area contributed by atoms with Gasteiger partial charge in [-0.05, 0) is 5.56 Å². The maximum absolute atomic E-state index is 12.5. The van der Waals surface area contributed by atoms with E-state index in [0.29, 0.717) is 22.8 Å². The summed E-state index contributed by atoms with van der Waals surface area (Å²) in [6, 6.07) is 11.4. The van der Waals surface area contributed by atoms with E-state index in [-0.39, 0.29) is 12.8 Å². The van der Waals surface area contributed by atoms with Crippen LogP contribution in [0.2, 0.25) is 0 Å². The van der Waals surface area contributed by atoms with E-state index >= 15 is 0 Å². The number of ether oxygens (including phenoxy) is 3. The molecule has 1 atom stereocenters. The van der Waals surface area contributed by atoms with Crippen LogP contribution in [0.25, 0.3) is 0 Å². The lowest BCUT2D eigenvalue weighted by molar-refractivity contribution is -0.141. The summed E-state index contributed by atoms with van der Waals surface area (Å²) >= 11 is 0. The largest absolute Gasteiger partial charge is 0.496 e. The zero-order chi connectivity index (χ0) is 19.8. The lowest BCUT2D eigenvalue weighted by Crippen LogP contribution is -2.43. The molecule has 0 radical (unpaired) electrons. The van der Waals surface area contributed by atoms with E-state index in [4.69, 9.17) is 14.2 Å². The predicted molar refractivity (Wildman–Crippen MR) is 99.5 cm³/mol. The predicted octanol–water partition coefficient (Wildman–Crippen LogP) is 2.07. The molecule has 0 unspecified atom stereocenters. The maximum Gasteiger partial charge on any atom is 0.326 e. The average Bonchev–Trinajstić information content (AvgIpc) is 2.68. The second-order valence-electron chi connectivity index (χ2n) is 5.84. The molecule has 0 aliphatic heterocycles. The third-order valence-corrected chi connectivity index (χ3v) is 4.07. The first-order chi connectivity index (χ1) is 13.0. The number of carbonyl (C=O) groups is 2. The van der Waals surface area contributed by atoms with Crippen molar-refractivity contribution in [3.8, 4) is 17.2 Å².